The van der Waals surface area contributed by atoms with Crippen molar-refractivity contribution in [3.8, 4) is 34.4 Å². The Balaban J connectivity index is 1.90. The van der Waals surface area contributed by atoms with Gasteiger partial charge in [-0.25, -0.2) is 9.97 Å². The van der Waals surface area contributed by atoms with Crippen molar-refractivity contribution in [1.82, 2.24) is 9.97 Å². The lowest BCUT2D eigenvalue weighted by Crippen LogP contribution is -1.94. The molecule has 0 bridgehead atoms. The predicted octanol–water partition coefficient (Wildman–Crippen LogP) is 3.35. The highest BCUT2D eigenvalue weighted by Gasteiger charge is 2.21. The highest BCUT2D eigenvalue weighted by atomic mass is 16.7. The zero-order valence-corrected chi connectivity index (χ0v) is 13.6. The molecule has 0 saturated carbocycles. The van der Waals surface area contributed by atoms with Gasteiger partial charge >= 0.3 is 0 Å². The summed E-state index contributed by atoms with van der Waals surface area (Å²) in [6.45, 7) is 2.23. The van der Waals surface area contributed by atoms with Gasteiger partial charge in [0, 0.05) is 23.2 Å². The van der Waals surface area contributed by atoms with E-state index in [9.17, 15) is 0 Å². The quantitative estimate of drug-likeness (QED) is 0.736. The Morgan fingerprint density at radius 2 is 1.92 bits per heavy atom. The number of ether oxygens (including phenoxy) is 4. The Hall–Kier alpha value is -3.02. The molecule has 3 aromatic rings. The van der Waals surface area contributed by atoms with Crippen molar-refractivity contribution < 1.29 is 18.9 Å². The van der Waals surface area contributed by atoms with E-state index in [4.69, 9.17) is 23.9 Å². The van der Waals surface area contributed by atoms with E-state index in [1.54, 1.807) is 20.4 Å². The number of aromatic nitrogens is 2. The van der Waals surface area contributed by atoms with Crippen LogP contribution in [0.15, 0.2) is 30.5 Å². The minimum atomic E-state index is 0.197. The summed E-state index contributed by atoms with van der Waals surface area (Å²) >= 11 is 0. The molecular formula is C18H16N2O4. The molecule has 0 radical (unpaired) electrons. The first kappa shape index (κ1) is 14.6. The van der Waals surface area contributed by atoms with Crippen molar-refractivity contribution in [2.45, 2.75) is 6.92 Å². The van der Waals surface area contributed by atoms with Gasteiger partial charge in [0.05, 0.1) is 25.4 Å². The van der Waals surface area contributed by atoms with E-state index in [1.165, 1.54) is 0 Å². The van der Waals surface area contributed by atoms with Gasteiger partial charge in [-0.1, -0.05) is 0 Å². The monoisotopic (exact) mass is 324 g/mol. The average Bonchev–Trinajstić information content (AvgIpc) is 3.08. The Bertz CT molecular complexity index is 940. The van der Waals surface area contributed by atoms with Crippen LogP contribution in [0.4, 0.5) is 0 Å². The van der Waals surface area contributed by atoms with E-state index in [0.29, 0.717) is 23.1 Å². The summed E-state index contributed by atoms with van der Waals surface area (Å²) in [7, 11) is 3.20. The molecule has 0 amide bonds. The normalized spacial score (nSPS) is 12.5. The van der Waals surface area contributed by atoms with E-state index >= 15 is 0 Å². The number of hydrogen-bond acceptors (Lipinski definition) is 6. The molecule has 0 N–H and O–H groups in total. The number of nitrogens with zero attached hydrogens (tertiary/aromatic N) is 2. The Labute approximate surface area is 139 Å². The highest BCUT2D eigenvalue weighted by Crippen LogP contribution is 2.44. The molecule has 0 aliphatic carbocycles. The lowest BCUT2D eigenvalue weighted by molar-refractivity contribution is 0.171. The maximum atomic E-state index is 5.50. The summed E-state index contributed by atoms with van der Waals surface area (Å²) in [4.78, 5) is 8.99. The smallest absolute Gasteiger partial charge is 0.231 e. The summed E-state index contributed by atoms with van der Waals surface area (Å²) in [5, 5.41) is 0.993. The topological polar surface area (TPSA) is 62.7 Å². The molecule has 0 spiro atoms. The number of methoxy groups -OCH3 is 2. The molecule has 6 nitrogen and oxygen atoms in total. The largest absolute Gasteiger partial charge is 0.493 e. The van der Waals surface area contributed by atoms with Gasteiger partial charge in [-0.3, -0.25) is 0 Å². The molecule has 6 heteroatoms. The molecule has 2 aromatic heterocycles. The molecule has 1 aliphatic rings. The molecule has 0 atom stereocenters. The van der Waals surface area contributed by atoms with Gasteiger partial charge < -0.3 is 18.9 Å². The molecule has 1 aliphatic heterocycles. The molecule has 122 valence electrons. The third-order valence-electron chi connectivity index (χ3n) is 4.04. The van der Waals surface area contributed by atoms with Crippen LogP contribution in [0.1, 0.15) is 5.56 Å². The number of fused-ring (bicyclic) bond motifs is 2. The van der Waals surface area contributed by atoms with Gasteiger partial charge in [-0.2, -0.15) is 0 Å². The van der Waals surface area contributed by atoms with Gasteiger partial charge in [-0.15, -0.1) is 0 Å². The fourth-order valence-corrected chi connectivity index (χ4v) is 2.80. The fraction of sp³-hybridized carbons (Fsp3) is 0.222. The van der Waals surface area contributed by atoms with Crippen LogP contribution in [0.25, 0.3) is 22.2 Å². The zero-order chi connectivity index (χ0) is 16.7. The van der Waals surface area contributed by atoms with Gasteiger partial charge in [0.2, 0.25) is 18.4 Å². The van der Waals surface area contributed by atoms with Gasteiger partial charge in [0.25, 0.3) is 0 Å². The van der Waals surface area contributed by atoms with Crippen LogP contribution < -0.4 is 18.9 Å². The molecule has 0 fully saturated rings. The Morgan fingerprint density at radius 1 is 1.04 bits per heavy atom. The van der Waals surface area contributed by atoms with Crippen LogP contribution in [-0.4, -0.2) is 31.0 Å². The molecule has 3 heterocycles. The number of aryl methyl sites for hydroxylation is 1. The Kier molecular flexibility index (Phi) is 3.37. The minimum Gasteiger partial charge on any atom is -0.493 e. The SMILES string of the molecule is COc1cc2nc(-c3cc(OC)c4c(c3)OCO4)cc(C)c2cn1. The second-order valence-corrected chi connectivity index (χ2v) is 5.48. The lowest BCUT2D eigenvalue weighted by atomic mass is 10.1. The summed E-state index contributed by atoms with van der Waals surface area (Å²) < 4.78 is 21.5. The van der Waals surface area contributed by atoms with Gasteiger partial charge in [0.15, 0.2) is 11.5 Å². The van der Waals surface area contributed by atoms with E-state index in [2.05, 4.69) is 4.98 Å². The lowest BCUT2D eigenvalue weighted by Gasteiger charge is -2.10. The molecule has 24 heavy (non-hydrogen) atoms. The van der Waals surface area contributed by atoms with E-state index in [1.807, 2.05) is 31.2 Å². The Morgan fingerprint density at radius 3 is 2.71 bits per heavy atom. The molecule has 1 aromatic carbocycles. The van der Waals surface area contributed by atoms with E-state index in [0.717, 1.165) is 27.7 Å². The zero-order valence-electron chi connectivity index (χ0n) is 13.6. The van der Waals surface area contributed by atoms with Crippen LogP contribution in [-0.2, 0) is 0 Å². The predicted molar refractivity (Wildman–Crippen MR) is 88.9 cm³/mol. The minimum absolute atomic E-state index is 0.197. The van der Waals surface area contributed by atoms with E-state index < -0.39 is 0 Å². The average molecular weight is 324 g/mol. The van der Waals surface area contributed by atoms with Crippen molar-refractivity contribution in [1.29, 1.82) is 0 Å². The standard InChI is InChI=1S/C18H16N2O4/c1-10-4-13(20-14-7-17(22-3)19-8-12(10)14)11-5-15(21-2)18-16(6-11)23-9-24-18/h4-8H,9H2,1-3H3. The molecule has 0 saturated heterocycles. The maximum Gasteiger partial charge on any atom is 0.231 e. The molecular weight excluding hydrogens is 308 g/mol. The summed E-state index contributed by atoms with van der Waals surface area (Å²) in [6, 6.07) is 7.67. The van der Waals surface area contributed by atoms with Crippen molar-refractivity contribution in [3.63, 3.8) is 0 Å². The first-order valence-corrected chi connectivity index (χ1v) is 7.49. The first-order chi connectivity index (χ1) is 11.7. The van der Waals surface area contributed by atoms with Crippen LogP contribution in [0.2, 0.25) is 0 Å². The third kappa shape index (κ3) is 2.27. The van der Waals surface area contributed by atoms with Crippen molar-refractivity contribution in [3.05, 3.63) is 36.0 Å². The number of rotatable bonds is 3. The highest BCUT2D eigenvalue weighted by molar-refractivity contribution is 5.85. The van der Waals surface area contributed by atoms with Crippen LogP contribution in [0.5, 0.6) is 23.1 Å². The third-order valence-corrected chi connectivity index (χ3v) is 4.04. The second kappa shape index (κ2) is 5.56. The summed E-state index contributed by atoms with van der Waals surface area (Å²) in [5.41, 5.74) is 3.64. The van der Waals surface area contributed by atoms with Gasteiger partial charge in [0.1, 0.15) is 0 Å². The fourth-order valence-electron chi connectivity index (χ4n) is 2.80. The number of hydrogen-bond donors (Lipinski definition) is 0. The van der Waals surface area contributed by atoms with Crippen molar-refractivity contribution in [2.24, 2.45) is 0 Å². The molecule has 0 unspecified atom stereocenters. The number of pyridine rings is 2. The first-order valence-electron chi connectivity index (χ1n) is 7.49. The summed E-state index contributed by atoms with van der Waals surface area (Å²) in [6.07, 6.45) is 1.78. The van der Waals surface area contributed by atoms with Crippen LogP contribution in [0, 0.1) is 6.92 Å². The summed E-state index contributed by atoms with van der Waals surface area (Å²) in [5.74, 6) is 2.46. The van der Waals surface area contributed by atoms with E-state index in [-0.39, 0.29) is 6.79 Å². The number of benzene rings is 1. The van der Waals surface area contributed by atoms with Crippen LogP contribution >= 0.6 is 0 Å². The molecule has 4 rings (SSSR count). The maximum absolute atomic E-state index is 5.50. The van der Waals surface area contributed by atoms with Crippen molar-refractivity contribution in [2.75, 3.05) is 21.0 Å². The second-order valence-electron chi connectivity index (χ2n) is 5.48. The van der Waals surface area contributed by atoms with Crippen molar-refractivity contribution >= 4 is 10.9 Å². The van der Waals surface area contributed by atoms with Gasteiger partial charge in [-0.05, 0) is 30.7 Å². The van der Waals surface area contributed by atoms with Crippen LogP contribution in [0.3, 0.4) is 0 Å².